The van der Waals surface area contributed by atoms with E-state index in [0.717, 1.165) is 12.8 Å². The maximum absolute atomic E-state index is 12.5. The molecule has 0 N–H and O–H groups in total. The molecule has 6 nitrogen and oxygen atoms in total. The third-order valence-electron chi connectivity index (χ3n) is 4.91. The maximum Gasteiger partial charge on any atom is 0.338 e. The standard InChI is InChI=1S/C19H24O6/c1-19(12-17(20)22-2)16(11-15-14(25-19)9-6-10-23-15)24-18(21)13-7-4-3-5-8-13/h3-5,7-8,14-16H,6,9-12H2,1-2H3/t14-,15+,16+,19-/m1/s1. The Morgan fingerprint density at radius 3 is 2.72 bits per heavy atom. The van der Waals surface area contributed by atoms with Crippen molar-refractivity contribution < 1.29 is 28.5 Å². The molecule has 0 amide bonds. The molecule has 136 valence electrons. The Bertz CT molecular complexity index is 616. The van der Waals surface area contributed by atoms with Crippen molar-refractivity contribution in [3.8, 4) is 0 Å². The van der Waals surface area contributed by atoms with E-state index < -0.39 is 23.6 Å². The van der Waals surface area contributed by atoms with Crippen LogP contribution in [-0.4, -0.2) is 49.6 Å². The van der Waals surface area contributed by atoms with Crippen LogP contribution in [0.3, 0.4) is 0 Å². The Kier molecular flexibility index (Phi) is 5.39. The van der Waals surface area contributed by atoms with E-state index in [1.165, 1.54) is 7.11 Å². The first-order valence-corrected chi connectivity index (χ1v) is 8.64. The van der Waals surface area contributed by atoms with E-state index in [9.17, 15) is 9.59 Å². The van der Waals surface area contributed by atoms with Crippen molar-refractivity contribution in [2.75, 3.05) is 13.7 Å². The van der Waals surface area contributed by atoms with Gasteiger partial charge in [-0.05, 0) is 31.9 Å². The summed E-state index contributed by atoms with van der Waals surface area (Å²) in [5.74, 6) is -0.821. The highest BCUT2D eigenvalue weighted by Gasteiger charge is 2.50. The van der Waals surface area contributed by atoms with Crippen molar-refractivity contribution in [1.82, 2.24) is 0 Å². The van der Waals surface area contributed by atoms with E-state index in [1.807, 2.05) is 6.07 Å². The Balaban J connectivity index is 1.79. The summed E-state index contributed by atoms with van der Waals surface area (Å²) < 4.78 is 22.5. The highest BCUT2D eigenvalue weighted by molar-refractivity contribution is 5.89. The largest absolute Gasteiger partial charge is 0.469 e. The quantitative estimate of drug-likeness (QED) is 0.779. The number of ether oxygens (including phenoxy) is 4. The minimum absolute atomic E-state index is 0.0272. The molecule has 4 atom stereocenters. The van der Waals surface area contributed by atoms with Gasteiger partial charge in [-0.1, -0.05) is 18.2 Å². The van der Waals surface area contributed by atoms with Crippen molar-refractivity contribution in [1.29, 1.82) is 0 Å². The summed E-state index contributed by atoms with van der Waals surface area (Å²) in [4.78, 5) is 24.4. The second-order valence-electron chi connectivity index (χ2n) is 6.77. The normalized spacial score (nSPS) is 31.7. The van der Waals surface area contributed by atoms with Crippen LogP contribution in [0.15, 0.2) is 30.3 Å². The lowest BCUT2D eigenvalue weighted by molar-refractivity contribution is -0.245. The van der Waals surface area contributed by atoms with Crippen LogP contribution in [0.25, 0.3) is 0 Å². The monoisotopic (exact) mass is 348 g/mol. The third kappa shape index (κ3) is 4.02. The van der Waals surface area contributed by atoms with Gasteiger partial charge in [0.15, 0.2) is 0 Å². The molecular weight excluding hydrogens is 324 g/mol. The summed E-state index contributed by atoms with van der Waals surface area (Å²) in [5.41, 5.74) is -0.464. The van der Waals surface area contributed by atoms with Gasteiger partial charge in [0.2, 0.25) is 0 Å². The minimum Gasteiger partial charge on any atom is -0.469 e. The number of esters is 2. The lowest BCUT2D eigenvalue weighted by atomic mass is 9.84. The van der Waals surface area contributed by atoms with E-state index in [4.69, 9.17) is 18.9 Å². The molecular formula is C19H24O6. The molecule has 1 aromatic carbocycles. The molecule has 1 aromatic rings. The fourth-order valence-electron chi connectivity index (χ4n) is 3.51. The molecule has 6 heteroatoms. The highest BCUT2D eigenvalue weighted by atomic mass is 16.6. The van der Waals surface area contributed by atoms with E-state index in [2.05, 4.69) is 0 Å². The van der Waals surface area contributed by atoms with Crippen LogP contribution in [0.4, 0.5) is 0 Å². The zero-order chi connectivity index (χ0) is 17.9. The van der Waals surface area contributed by atoms with E-state index in [1.54, 1.807) is 31.2 Å². The molecule has 0 radical (unpaired) electrons. The zero-order valence-corrected chi connectivity index (χ0v) is 14.6. The highest BCUT2D eigenvalue weighted by Crippen LogP contribution is 2.39. The Morgan fingerprint density at radius 2 is 2.00 bits per heavy atom. The SMILES string of the molecule is COC(=O)C[C@@]1(C)O[C@@H]2CCCO[C@H]2C[C@@H]1OC(=O)c1ccccc1. The second kappa shape index (κ2) is 7.54. The molecule has 2 aliphatic rings. The number of carbonyl (C=O) groups excluding carboxylic acids is 2. The van der Waals surface area contributed by atoms with Gasteiger partial charge >= 0.3 is 11.9 Å². The van der Waals surface area contributed by atoms with Crippen LogP contribution in [0, 0.1) is 0 Å². The average molecular weight is 348 g/mol. The molecule has 0 unspecified atom stereocenters. The van der Waals surface area contributed by atoms with Gasteiger partial charge in [-0.3, -0.25) is 4.79 Å². The van der Waals surface area contributed by atoms with E-state index in [-0.39, 0.29) is 18.6 Å². The van der Waals surface area contributed by atoms with Crippen LogP contribution in [-0.2, 0) is 23.7 Å². The van der Waals surface area contributed by atoms with E-state index >= 15 is 0 Å². The van der Waals surface area contributed by atoms with Crippen molar-refractivity contribution in [2.24, 2.45) is 0 Å². The molecule has 0 aliphatic carbocycles. The average Bonchev–Trinajstić information content (AvgIpc) is 2.62. The fourth-order valence-corrected chi connectivity index (χ4v) is 3.51. The number of fused-ring (bicyclic) bond motifs is 1. The fraction of sp³-hybridized carbons (Fsp3) is 0.579. The number of rotatable bonds is 4. The third-order valence-corrected chi connectivity index (χ3v) is 4.91. The molecule has 0 spiro atoms. The van der Waals surface area contributed by atoms with Gasteiger partial charge in [-0.25, -0.2) is 4.79 Å². The van der Waals surface area contributed by atoms with Crippen LogP contribution in [0.1, 0.15) is 43.0 Å². The van der Waals surface area contributed by atoms with Gasteiger partial charge in [0.25, 0.3) is 0 Å². The molecule has 2 fully saturated rings. The summed E-state index contributed by atoms with van der Waals surface area (Å²) >= 11 is 0. The first-order valence-electron chi connectivity index (χ1n) is 8.64. The van der Waals surface area contributed by atoms with Crippen LogP contribution < -0.4 is 0 Å². The van der Waals surface area contributed by atoms with Crippen molar-refractivity contribution in [3.63, 3.8) is 0 Å². The van der Waals surface area contributed by atoms with Gasteiger partial charge in [-0.2, -0.15) is 0 Å². The minimum atomic E-state index is -0.931. The maximum atomic E-state index is 12.5. The molecule has 25 heavy (non-hydrogen) atoms. The molecule has 2 saturated heterocycles. The lowest BCUT2D eigenvalue weighted by Gasteiger charge is -2.48. The molecule has 0 bridgehead atoms. The van der Waals surface area contributed by atoms with Crippen molar-refractivity contribution in [2.45, 2.75) is 56.5 Å². The number of carbonyl (C=O) groups is 2. The summed E-state index contributed by atoms with van der Waals surface area (Å²) in [6, 6.07) is 8.79. The van der Waals surface area contributed by atoms with Gasteiger partial charge in [0, 0.05) is 13.0 Å². The Labute approximate surface area is 147 Å². The molecule has 2 heterocycles. The second-order valence-corrected chi connectivity index (χ2v) is 6.77. The zero-order valence-electron chi connectivity index (χ0n) is 14.6. The molecule has 0 saturated carbocycles. The molecule has 2 aliphatic heterocycles. The van der Waals surface area contributed by atoms with Gasteiger partial charge < -0.3 is 18.9 Å². The Hall–Kier alpha value is -1.92. The van der Waals surface area contributed by atoms with E-state index in [0.29, 0.717) is 18.6 Å². The first-order chi connectivity index (χ1) is 12.0. The van der Waals surface area contributed by atoms with Crippen LogP contribution in [0.2, 0.25) is 0 Å². The lowest BCUT2D eigenvalue weighted by Crippen LogP contribution is -2.58. The summed E-state index contributed by atoms with van der Waals surface area (Å²) in [7, 11) is 1.34. The van der Waals surface area contributed by atoms with Gasteiger partial charge in [0.1, 0.15) is 11.7 Å². The number of hydrogen-bond donors (Lipinski definition) is 0. The topological polar surface area (TPSA) is 71.1 Å². The van der Waals surface area contributed by atoms with Crippen molar-refractivity contribution in [3.05, 3.63) is 35.9 Å². The summed E-state index contributed by atoms with van der Waals surface area (Å²) in [6.07, 6.45) is 1.54. The van der Waals surface area contributed by atoms with Gasteiger partial charge in [0.05, 0.1) is 31.3 Å². The Morgan fingerprint density at radius 1 is 1.24 bits per heavy atom. The number of benzene rings is 1. The first kappa shape index (κ1) is 17.9. The predicted octanol–water partition coefficient (Wildman–Crippen LogP) is 2.50. The van der Waals surface area contributed by atoms with Crippen LogP contribution >= 0.6 is 0 Å². The van der Waals surface area contributed by atoms with Crippen molar-refractivity contribution >= 4 is 11.9 Å². The number of hydrogen-bond acceptors (Lipinski definition) is 6. The molecule has 0 aromatic heterocycles. The number of methoxy groups -OCH3 is 1. The van der Waals surface area contributed by atoms with Crippen LogP contribution in [0.5, 0.6) is 0 Å². The summed E-state index contributed by atoms with van der Waals surface area (Å²) in [6.45, 7) is 2.48. The van der Waals surface area contributed by atoms with Gasteiger partial charge in [-0.15, -0.1) is 0 Å². The summed E-state index contributed by atoms with van der Waals surface area (Å²) in [5, 5.41) is 0. The molecule has 3 rings (SSSR count). The smallest absolute Gasteiger partial charge is 0.338 e. The predicted molar refractivity (Wildman–Crippen MR) is 89.1 cm³/mol.